The van der Waals surface area contributed by atoms with Crippen molar-refractivity contribution in [2.75, 3.05) is 5.32 Å². The van der Waals surface area contributed by atoms with Crippen molar-refractivity contribution < 1.29 is 5.11 Å². The summed E-state index contributed by atoms with van der Waals surface area (Å²) in [6.45, 7) is 3.62. The number of aromatic nitrogens is 2. The van der Waals surface area contributed by atoms with E-state index in [0.29, 0.717) is 5.82 Å². The first-order chi connectivity index (χ1) is 6.11. The van der Waals surface area contributed by atoms with E-state index in [2.05, 4.69) is 31.2 Å². The highest BCUT2D eigenvalue weighted by Crippen LogP contribution is 2.18. The molecular formula is C8H12BrN3O. The maximum absolute atomic E-state index is 9.25. The largest absolute Gasteiger partial charge is 0.391 e. The molecule has 0 aliphatic rings. The van der Waals surface area contributed by atoms with Crippen LogP contribution in [-0.2, 0) is 0 Å². The number of rotatable bonds is 3. The number of anilines is 1. The molecule has 0 bridgehead atoms. The summed E-state index contributed by atoms with van der Waals surface area (Å²) in [6.07, 6.45) is 2.70. The van der Waals surface area contributed by atoms with Gasteiger partial charge in [0.1, 0.15) is 12.1 Å². The van der Waals surface area contributed by atoms with Gasteiger partial charge in [-0.3, -0.25) is 0 Å². The highest BCUT2D eigenvalue weighted by Gasteiger charge is 2.10. The van der Waals surface area contributed by atoms with Crippen LogP contribution in [0.1, 0.15) is 13.8 Å². The summed E-state index contributed by atoms with van der Waals surface area (Å²) in [5.41, 5.74) is 0. The monoisotopic (exact) mass is 245 g/mol. The zero-order chi connectivity index (χ0) is 9.84. The Morgan fingerprint density at radius 2 is 2.23 bits per heavy atom. The first-order valence-corrected chi connectivity index (χ1v) is 4.80. The first-order valence-electron chi connectivity index (χ1n) is 4.01. The Morgan fingerprint density at radius 3 is 2.77 bits per heavy atom. The van der Waals surface area contributed by atoms with Gasteiger partial charge in [0.2, 0.25) is 0 Å². The topological polar surface area (TPSA) is 58.0 Å². The van der Waals surface area contributed by atoms with Gasteiger partial charge in [0.25, 0.3) is 0 Å². The van der Waals surface area contributed by atoms with Crippen molar-refractivity contribution in [3.63, 3.8) is 0 Å². The lowest BCUT2D eigenvalue weighted by atomic mass is 10.2. The molecule has 0 saturated carbocycles. The van der Waals surface area contributed by atoms with Crippen molar-refractivity contribution in [2.24, 2.45) is 0 Å². The molecule has 2 N–H and O–H groups in total. The Balaban J connectivity index is 2.69. The van der Waals surface area contributed by atoms with E-state index in [0.717, 1.165) is 4.47 Å². The molecule has 72 valence electrons. The van der Waals surface area contributed by atoms with Gasteiger partial charge in [-0.25, -0.2) is 9.97 Å². The van der Waals surface area contributed by atoms with E-state index in [1.165, 1.54) is 6.33 Å². The number of aliphatic hydroxyl groups excluding tert-OH is 1. The standard InChI is InChI=1S/C8H12BrN3O/c1-5(6(2)13)12-8-7(9)3-10-4-11-8/h3-6,13H,1-2H3,(H,10,11,12). The van der Waals surface area contributed by atoms with E-state index in [1.807, 2.05) is 6.92 Å². The van der Waals surface area contributed by atoms with Gasteiger partial charge in [-0.2, -0.15) is 0 Å². The summed E-state index contributed by atoms with van der Waals surface area (Å²) >= 11 is 3.30. The molecule has 13 heavy (non-hydrogen) atoms. The van der Waals surface area contributed by atoms with Crippen LogP contribution in [0.4, 0.5) is 5.82 Å². The molecule has 1 heterocycles. The number of hydrogen-bond acceptors (Lipinski definition) is 4. The van der Waals surface area contributed by atoms with Crippen LogP contribution >= 0.6 is 15.9 Å². The molecule has 0 radical (unpaired) electrons. The minimum Gasteiger partial charge on any atom is -0.391 e. The summed E-state index contributed by atoms with van der Waals surface area (Å²) in [5, 5.41) is 12.3. The van der Waals surface area contributed by atoms with E-state index in [9.17, 15) is 5.11 Å². The minimum absolute atomic E-state index is 0.0359. The van der Waals surface area contributed by atoms with Crippen molar-refractivity contribution in [1.29, 1.82) is 0 Å². The third kappa shape index (κ3) is 2.93. The molecule has 0 saturated heterocycles. The van der Waals surface area contributed by atoms with Gasteiger partial charge in [0.05, 0.1) is 16.6 Å². The van der Waals surface area contributed by atoms with Crippen LogP contribution in [0.15, 0.2) is 17.0 Å². The number of nitrogens with zero attached hydrogens (tertiary/aromatic N) is 2. The molecule has 0 spiro atoms. The average molecular weight is 246 g/mol. The van der Waals surface area contributed by atoms with E-state index in [4.69, 9.17) is 0 Å². The molecule has 4 nitrogen and oxygen atoms in total. The van der Waals surface area contributed by atoms with E-state index < -0.39 is 6.10 Å². The zero-order valence-electron chi connectivity index (χ0n) is 7.53. The predicted molar refractivity (Wildman–Crippen MR) is 54.5 cm³/mol. The third-order valence-electron chi connectivity index (χ3n) is 1.76. The SMILES string of the molecule is CC(O)C(C)Nc1ncncc1Br. The van der Waals surface area contributed by atoms with Gasteiger partial charge in [-0.1, -0.05) is 0 Å². The van der Waals surface area contributed by atoms with Crippen LogP contribution in [-0.4, -0.2) is 27.2 Å². The van der Waals surface area contributed by atoms with Crippen LogP contribution in [0, 0.1) is 0 Å². The maximum atomic E-state index is 9.25. The molecule has 0 aliphatic heterocycles. The lowest BCUT2D eigenvalue weighted by Crippen LogP contribution is -2.28. The molecule has 1 aromatic rings. The second-order valence-corrected chi connectivity index (χ2v) is 3.75. The quantitative estimate of drug-likeness (QED) is 0.846. The van der Waals surface area contributed by atoms with Crippen LogP contribution < -0.4 is 5.32 Å². The minimum atomic E-state index is -0.415. The lowest BCUT2D eigenvalue weighted by Gasteiger charge is -2.17. The normalized spacial score (nSPS) is 15.1. The van der Waals surface area contributed by atoms with Gasteiger partial charge in [-0.15, -0.1) is 0 Å². The number of halogens is 1. The van der Waals surface area contributed by atoms with Gasteiger partial charge in [0, 0.05) is 6.20 Å². The fourth-order valence-electron chi connectivity index (χ4n) is 0.755. The number of nitrogens with one attached hydrogen (secondary N) is 1. The second kappa shape index (κ2) is 4.53. The Kier molecular flexibility index (Phi) is 3.62. The second-order valence-electron chi connectivity index (χ2n) is 2.89. The van der Waals surface area contributed by atoms with Crippen LogP contribution in [0.25, 0.3) is 0 Å². The lowest BCUT2D eigenvalue weighted by molar-refractivity contribution is 0.177. The summed E-state index contributed by atoms with van der Waals surface area (Å²) < 4.78 is 0.794. The van der Waals surface area contributed by atoms with Crippen LogP contribution in [0.3, 0.4) is 0 Å². The molecule has 0 aliphatic carbocycles. The Labute approximate surface area is 85.5 Å². The molecular weight excluding hydrogens is 234 g/mol. The number of aliphatic hydroxyl groups is 1. The Hall–Kier alpha value is -0.680. The van der Waals surface area contributed by atoms with Gasteiger partial charge in [0.15, 0.2) is 0 Å². The van der Waals surface area contributed by atoms with Gasteiger partial charge >= 0.3 is 0 Å². The fraction of sp³-hybridized carbons (Fsp3) is 0.500. The van der Waals surface area contributed by atoms with Crippen molar-refractivity contribution in [3.8, 4) is 0 Å². The summed E-state index contributed by atoms with van der Waals surface area (Å²) in [6, 6.07) is -0.0359. The number of hydrogen-bond donors (Lipinski definition) is 2. The van der Waals surface area contributed by atoms with E-state index in [-0.39, 0.29) is 6.04 Å². The average Bonchev–Trinajstić information content (AvgIpc) is 2.08. The highest BCUT2D eigenvalue weighted by molar-refractivity contribution is 9.10. The van der Waals surface area contributed by atoms with Crippen molar-refractivity contribution >= 4 is 21.7 Å². The molecule has 5 heteroatoms. The van der Waals surface area contributed by atoms with E-state index in [1.54, 1.807) is 13.1 Å². The predicted octanol–water partition coefficient (Wildman–Crippen LogP) is 1.42. The van der Waals surface area contributed by atoms with Crippen molar-refractivity contribution in [3.05, 3.63) is 17.0 Å². The van der Waals surface area contributed by atoms with E-state index >= 15 is 0 Å². The first kappa shape index (κ1) is 10.4. The molecule has 1 aromatic heterocycles. The molecule has 0 aromatic carbocycles. The smallest absolute Gasteiger partial charge is 0.144 e. The fourth-order valence-corrected chi connectivity index (χ4v) is 1.09. The van der Waals surface area contributed by atoms with Crippen molar-refractivity contribution in [2.45, 2.75) is 26.0 Å². The summed E-state index contributed by atoms with van der Waals surface area (Å²) in [4.78, 5) is 7.86. The Morgan fingerprint density at radius 1 is 1.54 bits per heavy atom. The highest BCUT2D eigenvalue weighted by atomic mass is 79.9. The molecule has 2 atom stereocenters. The Bertz CT molecular complexity index is 280. The third-order valence-corrected chi connectivity index (χ3v) is 2.34. The van der Waals surface area contributed by atoms with Gasteiger partial charge < -0.3 is 10.4 Å². The maximum Gasteiger partial charge on any atom is 0.144 e. The van der Waals surface area contributed by atoms with Crippen molar-refractivity contribution in [1.82, 2.24) is 9.97 Å². The molecule has 0 amide bonds. The molecule has 0 fully saturated rings. The zero-order valence-corrected chi connectivity index (χ0v) is 9.12. The van der Waals surface area contributed by atoms with Crippen LogP contribution in [0.2, 0.25) is 0 Å². The summed E-state index contributed by atoms with van der Waals surface area (Å²) in [7, 11) is 0. The molecule has 1 rings (SSSR count). The molecule has 2 unspecified atom stereocenters. The summed E-state index contributed by atoms with van der Waals surface area (Å²) in [5.74, 6) is 0.698. The van der Waals surface area contributed by atoms with Gasteiger partial charge in [-0.05, 0) is 29.8 Å². The van der Waals surface area contributed by atoms with Crippen LogP contribution in [0.5, 0.6) is 0 Å².